The van der Waals surface area contributed by atoms with Gasteiger partial charge in [-0.1, -0.05) is 6.07 Å². The molecule has 1 atom stereocenters. The largest absolute Gasteiger partial charge is 0.379 e. The maximum atomic E-state index is 12.1. The Labute approximate surface area is 135 Å². The lowest BCUT2D eigenvalue weighted by molar-refractivity contribution is -0.385. The molecule has 1 aliphatic heterocycles. The fourth-order valence-corrected chi connectivity index (χ4v) is 3.33. The Kier molecular flexibility index (Phi) is 6.46. The number of rotatable bonds is 9. The van der Waals surface area contributed by atoms with E-state index in [2.05, 4.69) is 4.72 Å². The summed E-state index contributed by atoms with van der Waals surface area (Å²) in [6.45, 7) is 1.93. The minimum atomic E-state index is -3.75. The van der Waals surface area contributed by atoms with Crippen molar-refractivity contribution in [1.29, 1.82) is 0 Å². The van der Waals surface area contributed by atoms with Crippen molar-refractivity contribution in [3.8, 4) is 0 Å². The first kappa shape index (κ1) is 17.8. The Morgan fingerprint density at radius 1 is 1.43 bits per heavy atom. The molecule has 8 nitrogen and oxygen atoms in total. The number of nitro benzene ring substituents is 1. The van der Waals surface area contributed by atoms with Crippen molar-refractivity contribution in [3.05, 3.63) is 34.4 Å². The van der Waals surface area contributed by atoms with E-state index in [1.807, 2.05) is 0 Å². The fourth-order valence-electron chi connectivity index (χ4n) is 2.22. The third-order valence-corrected chi connectivity index (χ3v) is 4.88. The molecule has 1 aliphatic rings. The highest BCUT2D eigenvalue weighted by molar-refractivity contribution is 7.89. The molecule has 1 saturated heterocycles. The molecule has 1 fully saturated rings. The van der Waals surface area contributed by atoms with Crippen LogP contribution in [0.2, 0.25) is 0 Å². The van der Waals surface area contributed by atoms with Crippen LogP contribution in [0.25, 0.3) is 0 Å². The first-order valence-electron chi connectivity index (χ1n) is 7.42. The summed E-state index contributed by atoms with van der Waals surface area (Å²) in [6, 6.07) is 4.95. The number of hydrogen-bond acceptors (Lipinski definition) is 6. The van der Waals surface area contributed by atoms with Gasteiger partial charge in [0.15, 0.2) is 0 Å². The average molecular weight is 344 g/mol. The van der Waals surface area contributed by atoms with E-state index in [9.17, 15) is 18.5 Å². The van der Waals surface area contributed by atoms with E-state index in [1.54, 1.807) is 0 Å². The van der Waals surface area contributed by atoms with Crippen molar-refractivity contribution in [2.45, 2.75) is 30.3 Å². The Balaban J connectivity index is 1.73. The van der Waals surface area contributed by atoms with Crippen molar-refractivity contribution in [3.63, 3.8) is 0 Å². The Morgan fingerprint density at radius 3 is 2.96 bits per heavy atom. The normalized spacial score (nSPS) is 18.2. The Hall–Kier alpha value is -1.55. The van der Waals surface area contributed by atoms with Crippen LogP contribution >= 0.6 is 0 Å². The van der Waals surface area contributed by atoms with E-state index in [0.717, 1.165) is 25.5 Å². The van der Waals surface area contributed by atoms with Gasteiger partial charge in [0.2, 0.25) is 10.0 Å². The first-order chi connectivity index (χ1) is 11.0. The molecule has 0 aromatic heterocycles. The lowest BCUT2D eigenvalue weighted by atomic mass is 10.2. The first-order valence-corrected chi connectivity index (χ1v) is 8.91. The lowest BCUT2D eigenvalue weighted by Crippen LogP contribution is -2.26. The molecule has 2 rings (SSSR count). The summed E-state index contributed by atoms with van der Waals surface area (Å²) in [4.78, 5) is 9.94. The van der Waals surface area contributed by atoms with Crippen LogP contribution in [0.1, 0.15) is 19.3 Å². The summed E-state index contributed by atoms with van der Waals surface area (Å²) in [5, 5.41) is 10.7. The fraction of sp³-hybridized carbons (Fsp3) is 0.571. The second-order valence-corrected chi connectivity index (χ2v) is 6.98. The van der Waals surface area contributed by atoms with Gasteiger partial charge in [0.1, 0.15) is 0 Å². The van der Waals surface area contributed by atoms with Crippen LogP contribution in [0.3, 0.4) is 0 Å². The van der Waals surface area contributed by atoms with Gasteiger partial charge in [-0.2, -0.15) is 0 Å². The minimum absolute atomic E-state index is 0.119. The molecule has 0 amide bonds. The van der Waals surface area contributed by atoms with Gasteiger partial charge in [0.25, 0.3) is 5.69 Å². The van der Waals surface area contributed by atoms with Gasteiger partial charge in [-0.3, -0.25) is 10.1 Å². The SMILES string of the molecule is O=[N+]([O-])c1cccc(S(=O)(=O)NCCCOC[C@@H]2CCCO2)c1. The zero-order valence-electron chi connectivity index (χ0n) is 12.6. The molecule has 1 N–H and O–H groups in total. The number of sulfonamides is 1. The summed E-state index contributed by atoms with van der Waals surface area (Å²) in [6.07, 6.45) is 2.72. The van der Waals surface area contributed by atoms with Crippen LogP contribution in [0.4, 0.5) is 5.69 Å². The Morgan fingerprint density at radius 2 is 2.26 bits per heavy atom. The van der Waals surface area contributed by atoms with E-state index >= 15 is 0 Å². The molecule has 0 radical (unpaired) electrons. The monoisotopic (exact) mass is 344 g/mol. The molecule has 23 heavy (non-hydrogen) atoms. The standard InChI is InChI=1S/C14H20N2O6S/c17-16(18)12-4-1-6-14(10-12)23(19,20)15-7-3-8-21-11-13-5-2-9-22-13/h1,4,6,10,13,15H,2-3,5,7-9,11H2/t13-/m0/s1. The minimum Gasteiger partial charge on any atom is -0.379 e. The summed E-state index contributed by atoms with van der Waals surface area (Å²) in [5.74, 6) is 0. The van der Waals surface area contributed by atoms with Crippen LogP contribution in [0.15, 0.2) is 29.2 Å². The molecule has 9 heteroatoms. The number of benzene rings is 1. The van der Waals surface area contributed by atoms with Gasteiger partial charge >= 0.3 is 0 Å². The van der Waals surface area contributed by atoms with Crippen LogP contribution in [0, 0.1) is 10.1 Å². The van der Waals surface area contributed by atoms with Crippen molar-refractivity contribution in [2.75, 3.05) is 26.4 Å². The predicted molar refractivity (Wildman–Crippen MR) is 82.7 cm³/mol. The van der Waals surface area contributed by atoms with Crippen molar-refractivity contribution in [1.82, 2.24) is 4.72 Å². The highest BCUT2D eigenvalue weighted by Gasteiger charge is 2.17. The van der Waals surface area contributed by atoms with E-state index < -0.39 is 14.9 Å². The van der Waals surface area contributed by atoms with Crippen LogP contribution in [-0.2, 0) is 19.5 Å². The van der Waals surface area contributed by atoms with Crippen LogP contribution in [-0.4, -0.2) is 45.8 Å². The highest BCUT2D eigenvalue weighted by atomic mass is 32.2. The van der Waals surface area contributed by atoms with E-state index in [-0.39, 0.29) is 23.2 Å². The molecule has 1 aromatic rings. The zero-order valence-corrected chi connectivity index (χ0v) is 13.5. The third-order valence-electron chi connectivity index (χ3n) is 3.42. The zero-order chi connectivity index (χ0) is 16.7. The molecule has 1 heterocycles. The quantitative estimate of drug-likeness (QED) is 0.413. The molecule has 0 aliphatic carbocycles. The van der Waals surface area contributed by atoms with Gasteiger partial charge in [-0.25, -0.2) is 13.1 Å². The lowest BCUT2D eigenvalue weighted by Gasteiger charge is -2.10. The maximum Gasteiger partial charge on any atom is 0.270 e. The van der Waals surface area contributed by atoms with E-state index in [4.69, 9.17) is 9.47 Å². The average Bonchev–Trinajstić information content (AvgIpc) is 3.04. The number of nitro groups is 1. The van der Waals surface area contributed by atoms with Gasteiger partial charge in [0.05, 0.1) is 22.5 Å². The van der Waals surface area contributed by atoms with Crippen LogP contribution in [0.5, 0.6) is 0 Å². The molecule has 0 unspecified atom stereocenters. The predicted octanol–water partition coefficient (Wildman–Crippen LogP) is 1.46. The van der Waals surface area contributed by atoms with E-state index in [0.29, 0.717) is 19.6 Å². The Bertz CT molecular complexity index is 628. The summed E-state index contributed by atoms with van der Waals surface area (Å²) in [7, 11) is -3.75. The second kappa shape index (κ2) is 8.34. The number of hydrogen-bond donors (Lipinski definition) is 1. The number of nitrogens with one attached hydrogen (secondary N) is 1. The van der Waals surface area contributed by atoms with Gasteiger partial charge < -0.3 is 9.47 Å². The molecule has 128 valence electrons. The van der Waals surface area contributed by atoms with Crippen molar-refractivity contribution in [2.24, 2.45) is 0 Å². The van der Waals surface area contributed by atoms with Gasteiger partial charge in [0, 0.05) is 31.9 Å². The third kappa shape index (κ3) is 5.54. The summed E-state index contributed by atoms with van der Waals surface area (Å²) < 4.78 is 37.4. The van der Waals surface area contributed by atoms with E-state index in [1.165, 1.54) is 18.2 Å². The van der Waals surface area contributed by atoms with Crippen molar-refractivity contribution >= 4 is 15.7 Å². The number of nitrogens with zero attached hydrogens (tertiary/aromatic N) is 1. The number of non-ortho nitro benzene ring substituents is 1. The molecule has 0 spiro atoms. The van der Waals surface area contributed by atoms with Gasteiger partial charge in [-0.05, 0) is 25.3 Å². The summed E-state index contributed by atoms with van der Waals surface area (Å²) >= 11 is 0. The molecule has 1 aromatic carbocycles. The van der Waals surface area contributed by atoms with Crippen LogP contribution < -0.4 is 4.72 Å². The molecule has 0 bridgehead atoms. The summed E-state index contributed by atoms with van der Waals surface area (Å²) in [5.41, 5.74) is -0.257. The highest BCUT2D eigenvalue weighted by Crippen LogP contribution is 2.17. The molecular weight excluding hydrogens is 324 g/mol. The smallest absolute Gasteiger partial charge is 0.270 e. The van der Waals surface area contributed by atoms with Gasteiger partial charge in [-0.15, -0.1) is 0 Å². The van der Waals surface area contributed by atoms with Crippen molar-refractivity contribution < 1.29 is 22.8 Å². The number of ether oxygens (including phenoxy) is 2. The maximum absolute atomic E-state index is 12.1. The topological polar surface area (TPSA) is 108 Å². The second-order valence-electron chi connectivity index (χ2n) is 5.22. The molecule has 0 saturated carbocycles. The molecular formula is C14H20N2O6S.